The number of hydrogen-bond acceptors (Lipinski definition) is 2. The number of aliphatic hydroxyl groups is 1. The lowest BCUT2D eigenvalue weighted by atomic mass is 9.80. The van der Waals surface area contributed by atoms with E-state index in [1.54, 1.807) is 0 Å². The Hall–Kier alpha value is -1.00. The fourth-order valence-electron chi connectivity index (χ4n) is 2.24. The average Bonchev–Trinajstić information content (AvgIpc) is 2.27. The Kier molecular flexibility index (Phi) is 4.30. The fourth-order valence-corrected chi connectivity index (χ4v) is 2.24. The highest BCUT2D eigenvalue weighted by atomic mass is 19.2. The van der Waals surface area contributed by atoms with Gasteiger partial charge in [0.1, 0.15) is 0 Å². The predicted molar refractivity (Wildman–Crippen MR) is 66.1 cm³/mol. The van der Waals surface area contributed by atoms with Crippen molar-refractivity contribution in [3.63, 3.8) is 0 Å². The number of nitrogens with one attached hydrogen (secondary N) is 1. The van der Waals surface area contributed by atoms with Crippen LogP contribution in [0.3, 0.4) is 0 Å². The Morgan fingerprint density at radius 3 is 2.61 bits per heavy atom. The smallest absolute Gasteiger partial charge is 0.159 e. The summed E-state index contributed by atoms with van der Waals surface area (Å²) in [5, 5.41) is 13.2. The predicted octanol–water partition coefficient (Wildman–Crippen LogP) is 2.78. The standard InChI is InChI=1S/C14H19F2NO/c1-9(10-3-2-4-10)17-8-14(18)11-5-6-12(15)13(16)7-11/h5-7,9-10,14,17-18H,2-4,8H2,1H3. The highest BCUT2D eigenvalue weighted by Crippen LogP contribution is 2.29. The quantitative estimate of drug-likeness (QED) is 0.848. The van der Waals surface area contributed by atoms with Gasteiger partial charge >= 0.3 is 0 Å². The van der Waals surface area contributed by atoms with Crippen molar-refractivity contribution in [2.45, 2.75) is 38.3 Å². The van der Waals surface area contributed by atoms with Crippen molar-refractivity contribution in [1.29, 1.82) is 0 Å². The normalized spacial score (nSPS) is 19.3. The molecule has 1 aliphatic rings. The SMILES string of the molecule is CC(NCC(O)c1ccc(F)c(F)c1)C1CCC1. The molecule has 2 atom stereocenters. The van der Waals surface area contributed by atoms with Gasteiger partial charge in [0, 0.05) is 12.6 Å². The number of aliphatic hydroxyl groups excluding tert-OH is 1. The maximum atomic E-state index is 13.0. The summed E-state index contributed by atoms with van der Waals surface area (Å²) in [5.74, 6) is -1.12. The molecule has 1 aromatic rings. The van der Waals surface area contributed by atoms with E-state index in [-0.39, 0.29) is 0 Å². The van der Waals surface area contributed by atoms with Crippen LogP contribution in [0.25, 0.3) is 0 Å². The third-order valence-corrected chi connectivity index (χ3v) is 3.82. The Morgan fingerprint density at radius 2 is 2.06 bits per heavy atom. The molecule has 1 aliphatic carbocycles. The first-order valence-corrected chi connectivity index (χ1v) is 6.44. The van der Waals surface area contributed by atoms with Crippen LogP contribution >= 0.6 is 0 Å². The monoisotopic (exact) mass is 255 g/mol. The summed E-state index contributed by atoms with van der Waals surface area (Å²) in [7, 11) is 0. The lowest BCUT2D eigenvalue weighted by Crippen LogP contribution is -2.39. The van der Waals surface area contributed by atoms with Crippen molar-refractivity contribution in [1.82, 2.24) is 5.32 Å². The topological polar surface area (TPSA) is 32.3 Å². The van der Waals surface area contributed by atoms with E-state index in [4.69, 9.17) is 0 Å². The molecule has 0 radical (unpaired) electrons. The number of hydrogen-bond donors (Lipinski definition) is 2. The molecule has 0 spiro atoms. The van der Waals surface area contributed by atoms with Crippen LogP contribution in [-0.4, -0.2) is 17.7 Å². The van der Waals surface area contributed by atoms with Gasteiger partial charge in [-0.1, -0.05) is 12.5 Å². The summed E-state index contributed by atoms with van der Waals surface area (Å²) in [6.07, 6.45) is 2.94. The summed E-state index contributed by atoms with van der Waals surface area (Å²) in [4.78, 5) is 0. The minimum absolute atomic E-state index is 0.360. The van der Waals surface area contributed by atoms with Gasteiger partial charge in [-0.2, -0.15) is 0 Å². The molecule has 2 nitrogen and oxygen atoms in total. The molecule has 1 fully saturated rings. The van der Waals surface area contributed by atoms with Gasteiger partial charge in [0.05, 0.1) is 6.10 Å². The molecule has 1 saturated carbocycles. The van der Waals surface area contributed by atoms with Crippen molar-refractivity contribution in [2.24, 2.45) is 5.92 Å². The second-order valence-electron chi connectivity index (χ2n) is 5.08. The maximum absolute atomic E-state index is 13.0. The van der Waals surface area contributed by atoms with Crippen molar-refractivity contribution < 1.29 is 13.9 Å². The number of benzene rings is 1. The Balaban J connectivity index is 1.86. The first kappa shape index (κ1) is 13.4. The van der Waals surface area contributed by atoms with E-state index in [1.807, 2.05) is 0 Å². The number of rotatable bonds is 5. The first-order valence-electron chi connectivity index (χ1n) is 6.44. The third kappa shape index (κ3) is 3.06. The number of halogens is 2. The molecular formula is C14H19F2NO. The van der Waals surface area contributed by atoms with E-state index in [0.29, 0.717) is 24.1 Å². The van der Waals surface area contributed by atoms with Crippen LogP contribution in [0.5, 0.6) is 0 Å². The summed E-state index contributed by atoms with van der Waals surface area (Å²) in [6.45, 7) is 2.46. The Bertz CT molecular complexity index is 407. The highest BCUT2D eigenvalue weighted by Gasteiger charge is 2.24. The van der Waals surface area contributed by atoms with Crippen LogP contribution in [0.1, 0.15) is 37.9 Å². The van der Waals surface area contributed by atoms with Crippen molar-refractivity contribution in [3.05, 3.63) is 35.4 Å². The molecule has 2 rings (SSSR count). The van der Waals surface area contributed by atoms with Crippen LogP contribution < -0.4 is 5.32 Å². The van der Waals surface area contributed by atoms with Crippen LogP contribution in [0.15, 0.2) is 18.2 Å². The van der Waals surface area contributed by atoms with E-state index in [2.05, 4.69) is 12.2 Å². The average molecular weight is 255 g/mol. The van der Waals surface area contributed by atoms with Gasteiger partial charge in [-0.25, -0.2) is 8.78 Å². The lowest BCUT2D eigenvalue weighted by molar-refractivity contribution is 0.154. The molecule has 4 heteroatoms. The van der Waals surface area contributed by atoms with Crippen LogP contribution in [-0.2, 0) is 0 Å². The second-order valence-corrected chi connectivity index (χ2v) is 5.08. The molecule has 1 aromatic carbocycles. The minimum atomic E-state index is -0.918. The van der Waals surface area contributed by atoms with Crippen molar-refractivity contribution in [2.75, 3.05) is 6.54 Å². The summed E-state index contributed by atoms with van der Waals surface area (Å²) in [6, 6.07) is 3.87. The molecule has 0 heterocycles. The molecule has 0 amide bonds. The van der Waals surface area contributed by atoms with Gasteiger partial charge in [-0.3, -0.25) is 0 Å². The lowest BCUT2D eigenvalue weighted by Gasteiger charge is -2.32. The maximum Gasteiger partial charge on any atom is 0.159 e. The van der Waals surface area contributed by atoms with Gasteiger partial charge < -0.3 is 10.4 Å². The Labute approximate surface area is 106 Å². The highest BCUT2D eigenvalue weighted by molar-refractivity contribution is 5.20. The van der Waals surface area contributed by atoms with Crippen LogP contribution in [0.4, 0.5) is 8.78 Å². The van der Waals surface area contributed by atoms with Gasteiger partial charge in [0.25, 0.3) is 0 Å². The minimum Gasteiger partial charge on any atom is -0.387 e. The molecule has 2 unspecified atom stereocenters. The van der Waals surface area contributed by atoms with Gasteiger partial charge in [-0.15, -0.1) is 0 Å². The van der Waals surface area contributed by atoms with Crippen molar-refractivity contribution >= 4 is 0 Å². The van der Waals surface area contributed by atoms with E-state index < -0.39 is 17.7 Å². The van der Waals surface area contributed by atoms with Gasteiger partial charge in [-0.05, 0) is 43.4 Å². The summed E-state index contributed by atoms with van der Waals surface area (Å²) < 4.78 is 25.8. The van der Waals surface area contributed by atoms with E-state index >= 15 is 0 Å². The molecule has 2 N–H and O–H groups in total. The molecule has 0 saturated heterocycles. The summed E-state index contributed by atoms with van der Waals surface area (Å²) >= 11 is 0. The second kappa shape index (κ2) is 5.76. The zero-order valence-corrected chi connectivity index (χ0v) is 10.5. The Morgan fingerprint density at radius 1 is 1.33 bits per heavy atom. The molecule has 0 bridgehead atoms. The first-order chi connectivity index (χ1) is 8.58. The largest absolute Gasteiger partial charge is 0.387 e. The molecule has 18 heavy (non-hydrogen) atoms. The van der Waals surface area contributed by atoms with Gasteiger partial charge in [0.15, 0.2) is 11.6 Å². The van der Waals surface area contributed by atoms with Crippen LogP contribution in [0, 0.1) is 17.6 Å². The van der Waals surface area contributed by atoms with E-state index in [1.165, 1.54) is 25.3 Å². The van der Waals surface area contributed by atoms with Crippen LogP contribution in [0.2, 0.25) is 0 Å². The van der Waals surface area contributed by atoms with Gasteiger partial charge in [0.2, 0.25) is 0 Å². The molecule has 100 valence electrons. The zero-order chi connectivity index (χ0) is 13.1. The molecular weight excluding hydrogens is 236 g/mol. The van der Waals surface area contributed by atoms with E-state index in [0.717, 1.165) is 12.1 Å². The molecule has 0 aromatic heterocycles. The fraction of sp³-hybridized carbons (Fsp3) is 0.571. The molecule has 0 aliphatic heterocycles. The van der Waals surface area contributed by atoms with E-state index in [9.17, 15) is 13.9 Å². The third-order valence-electron chi connectivity index (χ3n) is 3.82. The zero-order valence-electron chi connectivity index (χ0n) is 10.5. The van der Waals surface area contributed by atoms with Crippen molar-refractivity contribution in [3.8, 4) is 0 Å². The summed E-state index contributed by atoms with van der Waals surface area (Å²) in [5.41, 5.74) is 0.405.